The van der Waals surface area contributed by atoms with E-state index in [1.54, 1.807) is 6.08 Å². The molecule has 1 fully saturated rings. The number of hydrogen-bond acceptors (Lipinski definition) is 5. The zero-order valence-electron chi connectivity index (χ0n) is 23.0. The summed E-state index contributed by atoms with van der Waals surface area (Å²) in [6.07, 6.45) is 7.89. The van der Waals surface area contributed by atoms with E-state index in [2.05, 4.69) is 73.3 Å². The SMILES string of the molecule is Cc1cc(C2CC2)cc(C)c1Oc1nc(Nc2ccc(/C=C/C#N)cc2)nc2c(C)cn(Cc3ccccc3)c12. The van der Waals surface area contributed by atoms with E-state index < -0.39 is 0 Å². The molecule has 5 aromatic rings. The normalized spacial score (nSPS) is 13.1. The summed E-state index contributed by atoms with van der Waals surface area (Å²) in [5.74, 6) is 2.51. The van der Waals surface area contributed by atoms with E-state index in [1.807, 2.05) is 36.4 Å². The van der Waals surface area contributed by atoms with Gasteiger partial charge in [0.2, 0.25) is 11.8 Å². The number of aromatic nitrogens is 3. The number of ether oxygens (including phenoxy) is 1. The number of nitriles is 1. The summed E-state index contributed by atoms with van der Waals surface area (Å²) in [6, 6.07) is 24.7. The number of fused-ring (bicyclic) bond motifs is 1. The van der Waals surface area contributed by atoms with Crippen LogP contribution in [-0.2, 0) is 6.54 Å². The van der Waals surface area contributed by atoms with Crippen LogP contribution in [0.2, 0.25) is 0 Å². The van der Waals surface area contributed by atoms with Crippen molar-refractivity contribution >= 4 is 28.7 Å². The molecule has 0 radical (unpaired) electrons. The minimum atomic E-state index is 0.466. The molecule has 0 saturated heterocycles. The van der Waals surface area contributed by atoms with Gasteiger partial charge in [-0.05, 0) is 91.1 Å². The van der Waals surface area contributed by atoms with E-state index in [0.29, 0.717) is 24.3 Å². The molecule has 0 bridgehead atoms. The lowest BCUT2D eigenvalue weighted by molar-refractivity contribution is 0.458. The summed E-state index contributed by atoms with van der Waals surface area (Å²) in [4.78, 5) is 9.83. The van der Waals surface area contributed by atoms with Crippen molar-refractivity contribution in [2.45, 2.75) is 46.1 Å². The number of rotatable bonds is 8. The molecule has 1 saturated carbocycles. The summed E-state index contributed by atoms with van der Waals surface area (Å²) in [5, 5.41) is 12.2. The van der Waals surface area contributed by atoms with Gasteiger partial charge in [0.25, 0.3) is 0 Å². The molecule has 3 aromatic carbocycles. The number of nitrogens with one attached hydrogen (secondary N) is 1. The molecule has 198 valence electrons. The Hall–Kier alpha value is -4.89. The summed E-state index contributed by atoms with van der Waals surface area (Å²) in [7, 11) is 0. The fourth-order valence-corrected chi connectivity index (χ4v) is 5.19. The average molecular weight is 526 g/mol. The molecule has 0 aliphatic heterocycles. The minimum absolute atomic E-state index is 0.466. The molecule has 0 unspecified atom stereocenters. The molecule has 1 aliphatic carbocycles. The maximum atomic E-state index is 8.80. The number of hydrogen-bond donors (Lipinski definition) is 1. The van der Waals surface area contributed by atoms with Gasteiger partial charge in [0, 0.05) is 24.5 Å². The van der Waals surface area contributed by atoms with Crippen molar-refractivity contribution < 1.29 is 4.74 Å². The predicted molar refractivity (Wildman–Crippen MR) is 160 cm³/mol. The van der Waals surface area contributed by atoms with E-state index >= 15 is 0 Å². The zero-order chi connectivity index (χ0) is 27.6. The average Bonchev–Trinajstić information content (AvgIpc) is 3.76. The first kappa shape index (κ1) is 25.4. The van der Waals surface area contributed by atoms with Crippen LogP contribution in [0.1, 0.15) is 52.1 Å². The molecular weight excluding hydrogens is 494 g/mol. The quantitative estimate of drug-likeness (QED) is 0.206. The van der Waals surface area contributed by atoms with Crippen LogP contribution in [0, 0.1) is 32.1 Å². The van der Waals surface area contributed by atoms with Gasteiger partial charge in [-0.2, -0.15) is 10.2 Å². The molecule has 1 N–H and O–H groups in total. The predicted octanol–water partition coefficient (Wildman–Crippen LogP) is 8.35. The Labute approximate surface area is 234 Å². The summed E-state index contributed by atoms with van der Waals surface area (Å²) in [5.41, 5.74) is 9.38. The fourth-order valence-electron chi connectivity index (χ4n) is 5.19. The van der Waals surface area contributed by atoms with E-state index in [-0.39, 0.29) is 0 Å². The van der Waals surface area contributed by atoms with E-state index in [0.717, 1.165) is 44.7 Å². The van der Waals surface area contributed by atoms with Crippen LogP contribution in [0.3, 0.4) is 0 Å². The number of benzene rings is 3. The third-order valence-corrected chi connectivity index (χ3v) is 7.31. The van der Waals surface area contributed by atoms with Gasteiger partial charge in [-0.15, -0.1) is 0 Å². The second-order valence-electron chi connectivity index (χ2n) is 10.5. The van der Waals surface area contributed by atoms with Gasteiger partial charge in [0.1, 0.15) is 16.8 Å². The molecule has 0 atom stereocenters. The van der Waals surface area contributed by atoms with Crippen LogP contribution >= 0.6 is 0 Å². The highest BCUT2D eigenvalue weighted by Crippen LogP contribution is 2.43. The molecule has 6 heteroatoms. The lowest BCUT2D eigenvalue weighted by Gasteiger charge is -2.16. The van der Waals surface area contributed by atoms with Crippen LogP contribution in [0.5, 0.6) is 11.6 Å². The fraction of sp³-hybridized carbons (Fsp3) is 0.206. The van der Waals surface area contributed by atoms with Crippen LogP contribution in [0.25, 0.3) is 17.1 Å². The van der Waals surface area contributed by atoms with Gasteiger partial charge in [0.15, 0.2) is 0 Å². The van der Waals surface area contributed by atoms with Crippen molar-refractivity contribution in [3.8, 4) is 17.7 Å². The zero-order valence-corrected chi connectivity index (χ0v) is 23.0. The highest BCUT2D eigenvalue weighted by molar-refractivity contribution is 5.86. The van der Waals surface area contributed by atoms with E-state index in [4.69, 9.17) is 20.0 Å². The van der Waals surface area contributed by atoms with Crippen LogP contribution in [0.4, 0.5) is 11.6 Å². The first-order valence-electron chi connectivity index (χ1n) is 13.6. The standard InChI is InChI=1S/C34H31N5O/c1-22-18-28(27-13-14-27)19-23(2)32(22)40-33-31-30(24(3)20-39(31)21-26-8-5-4-6-9-26)37-34(38-33)36-29-15-11-25(12-16-29)10-7-17-35/h4-12,15-16,18-20,27H,13-14,21H2,1-3H3,(H,36,37,38)/b10-7+. The Morgan fingerprint density at radius 1 is 0.975 bits per heavy atom. The second-order valence-corrected chi connectivity index (χ2v) is 10.5. The molecule has 1 aliphatic rings. The topological polar surface area (TPSA) is 75.8 Å². The molecule has 2 aromatic heterocycles. The Morgan fingerprint density at radius 2 is 1.70 bits per heavy atom. The van der Waals surface area contributed by atoms with Crippen molar-refractivity contribution in [2.75, 3.05) is 5.32 Å². The largest absolute Gasteiger partial charge is 0.436 e. The Kier molecular flexibility index (Phi) is 6.79. The van der Waals surface area contributed by atoms with Crippen molar-refractivity contribution in [3.63, 3.8) is 0 Å². The molecule has 6 nitrogen and oxygen atoms in total. The van der Waals surface area contributed by atoms with Crippen molar-refractivity contribution in [1.82, 2.24) is 14.5 Å². The summed E-state index contributed by atoms with van der Waals surface area (Å²) in [6.45, 7) is 6.99. The third-order valence-electron chi connectivity index (χ3n) is 7.31. The highest BCUT2D eigenvalue weighted by atomic mass is 16.5. The smallest absolute Gasteiger partial charge is 0.249 e. The second kappa shape index (κ2) is 10.7. The Balaban J connectivity index is 1.42. The van der Waals surface area contributed by atoms with Gasteiger partial charge in [-0.1, -0.05) is 54.6 Å². The first-order chi connectivity index (χ1) is 19.5. The minimum Gasteiger partial charge on any atom is -0.436 e. The van der Waals surface area contributed by atoms with Crippen LogP contribution in [-0.4, -0.2) is 14.5 Å². The molecule has 0 amide bonds. The van der Waals surface area contributed by atoms with E-state index in [1.165, 1.54) is 30.0 Å². The van der Waals surface area contributed by atoms with Gasteiger partial charge < -0.3 is 14.6 Å². The molecule has 0 spiro atoms. The number of aryl methyl sites for hydroxylation is 3. The third kappa shape index (κ3) is 5.32. The summed E-state index contributed by atoms with van der Waals surface area (Å²) >= 11 is 0. The highest BCUT2D eigenvalue weighted by Gasteiger charge is 2.25. The molecule has 6 rings (SSSR count). The molecular formula is C34H31N5O. The lowest BCUT2D eigenvalue weighted by atomic mass is 10.0. The van der Waals surface area contributed by atoms with E-state index in [9.17, 15) is 0 Å². The van der Waals surface area contributed by atoms with Crippen LogP contribution in [0.15, 0.2) is 79.0 Å². The number of anilines is 2. The van der Waals surface area contributed by atoms with Gasteiger partial charge in [-0.3, -0.25) is 0 Å². The van der Waals surface area contributed by atoms with Crippen LogP contribution < -0.4 is 10.1 Å². The van der Waals surface area contributed by atoms with Crippen molar-refractivity contribution in [3.05, 3.63) is 112 Å². The monoisotopic (exact) mass is 525 g/mol. The molecule has 40 heavy (non-hydrogen) atoms. The van der Waals surface area contributed by atoms with Gasteiger partial charge in [0.05, 0.1) is 6.07 Å². The number of nitrogens with zero attached hydrogens (tertiary/aromatic N) is 4. The van der Waals surface area contributed by atoms with Crippen molar-refractivity contribution in [2.24, 2.45) is 0 Å². The van der Waals surface area contributed by atoms with Crippen molar-refractivity contribution in [1.29, 1.82) is 5.26 Å². The lowest BCUT2D eigenvalue weighted by Crippen LogP contribution is -2.05. The molecule has 2 heterocycles. The van der Waals surface area contributed by atoms with Gasteiger partial charge in [-0.25, -0.2) is 4.98 Å². The maximum absolute atomic E-state index is 8.80. The summed E-state index contributed by atoms with van der Waals surface area (Å²) < 4.78 is 8.87. The Bertz CT molecular complexity index is 1730. The first-order valence-corrected chi connectivity index (χ1v) is 13.6. The Morgan fingerprint density at radius 3 is 2.38 bits per heavy atom. The number of allylic oxidation sites excluding steroid dienone is 1. The van der Waals surface area contributed by atoms with Gasteiger partial charge >= 0.3 is 0 Å². The maximum Gasteiger partial charge on any atom is 0.249 e.